The van der Waals surface area contributed by atoms with Gasteiger partial charge in [-0.05, 0) is 62.6 Å². The second-order valence-electron chi connectivity index (χ2n) is 7.38. The first-order valence-electron chi connectivity index (χ1n) is 9.65. The number of nitrogens with one attached hydrogen (secondary N) is 1. The average Bonchev–Trinajstić information content (AvgIpc) is 2.72. The van der Waals surface area contributed by atoms with Gasteiger partial charge < -0.3 is 19.9 Å². The van der Waals surface area contributed by atoms with Gasteiger partial charge in [0.2, 0.25) is 5.91 Å². The summed E-state index contributed by atoms with van der Waals surface area (Å²) in [5.41, 5.74) is 0.910. The fourth-order valence-electron chi connectivity index (χ4n) is 3.00. The highest BCUT2D eigenvalue weighted by molar-refractivity contribution is 5.87. The van der Waals surface area contributed by atoms with E-state index in [9.17, 15) is 14.7 Å². The zero-order chi connectivity index (χ0) is 21.4. The summed E-state index contributed by atoms with van der Waals surface area (Å²) in [4.78, 5) is 24.5. The molecule has 0 aliphatic heterocycles. The number of benzene rings is 2. The molecule has 2 aromatic rings. The Labute approximate surface area is 171 Å². The number of aliphatic carboxylic acids is 1. The van der Waals surface area contributed by atoms with Crippen molar-refractivity contribution in [2.45, 2.75) is 32.6 Å². The number of amides is 1. The van der Waals surface area contributed by atoms with Gasteiger partial charge in [0, 0.05) is 6.54 Å². The van der Waals surface area contributed by atoms with Gasteiger partial charge in [0.1, 0.15) is 11.5 Å². The van der Waals surface area contributed by atoms with Crippen molar-refractivity contribution in [2.75, 3.05) is 20.3 Å². The first kappa shape index (κ1) is 22.3. The maximum absolute atomic E-state index is 12.8. The lowest BCUT2D eigenvalue weighted by molar-refractivity contribution is -0.141. The smallest absolute Gasteiger partial charge is 0.308 e. The number of hydrogen-bond acceptors (Lipinski definition) is 4. The lowest BCUT2D eigenvalue weighted by atomic mass is 9.83. The molecule has 0 bridgehead atoms. The highest BCUT2D eigenvalue weighted by Gasteiger charge is 2.31. The number of hydrogen-bond donors (Lipinski definition) is 2. The molecular weight excluding hydrogens is 370 g/mol. The van der Waals surface area contributed by atoms with Gasteiger partial charge in [-0.2, -0.15) is 0 Å². The topological polar surface area (TPSA) is 84.9 Å². The van der Waals surface area contributed by atoms with Gasteiger partial charge in [-0.3, -0.25) is 9.59 Å². The van der Waals surface area contributed by atoms with E-state index in [1.807, 2.05) is 57.2 Å². The largest absolute Gasteiger partial charge is 0.497 e. The summed E-state index contributed by atoms with van der Waals surface area (Å²) in [5, 5.41) is 12.4. The third-order valence-corrected chi connectivity index (χ3v) is 4.95. The predicted octanol–water partition coefficient (Wildman–Crippen LogP) is 3.43. The van der Waals surface area contributed by atoms with Crippen molar-refractivity contribution in [3.05, 3.63) is 59.7 Å². The summed E-state index contributed by atoms with van der Waals surface area (Å²) < 4.78 is 10.6. The van der Waals surface area contributed by atoms with Crippen LogP contribution in [0.3, 0.4) is 0 Å². The SMILES string of the molecule is CCOc1ccc(CC(CNC(=O)C(C)(C)c2ccc(OC)cc2)C(=O)O)cc1. The average molecular weight is 399 g/mol. The molecule has 6 heteroatoms. The predicted molar refractivity (Wildman–Crippen MR) is 111 cm³/mol. The van der Waals surface area contributed by atoms with E-state index in [-0.39, 0.29) is 12.5 Å². The van der Waals surface area contributed by atoms with Gasteiger partial charge in [0.25, 0.3) is 0 Å². The van der Waals surface area contributed by atoms with Crippen molar-refractivity contribution < 1.29 is 24.2 Å². The molecule has 1 atom stereocenters. The second-order valence-corrected chi connectivity index (χ2v) is 7.38. The summed E-state index contributed by atoms with van der Waals surface area (Å²) in [6, 6.07) is 14.6. The molecule has 2 rings (SSSR count). The molecule has 6 nitrogen and oxygen atoms in total. The molecule has 1 unspecified atom stereocenters. The molecule has 0 heterocycles. The second kappa shape index (κ2) is 9.96. The number of carbonyl (C=O) groups is 2. The van der Waals surface area contributed by atoms with Crippen LogP contribution in [0.5, 0.6) is 11.5 Å². The van der Waals surface area contributed by atoms with Gasteiger partial charge in [0.15, 0.2) is 0 Å². The minimum Gasteiger partial charge on any atom is -0.497 e. The van der Waals surface area contributed by atoms with Crippen LogP contribution < -0.4 is 14.8 Å². The number of carboxylic acid groups (broad SMARTS) is 1. The van der Waals surface area contributed by atoms with Gasteiger partial charge in [-0.1, -0.05) is 24.3 Å². The minimum absolute atomic E-state index is 0.0565. The van der Waals surface area contributed by atoms with Crippen molar-refractivity contribution in [1.29, 1.82) is 0 Å². The van der Waals surface area contributed by atoms with Crippen LogP contribution in [0.1, 0.15) is 31.9 Å². The van der Waals surface area contributed by atoms with Gasteiger partial charge in [-0.15, -0.1) is 0 Å². The van der Waals surface area contributed by atoms with E-state index in [2.05, 4.69) is 5.32 Å². The molecule has 0 aliphatic carbocycles. The third kappa shape index (κ3) is 5.98. The van der Waals surface area contributed by atoms with Gasteiger partial charge in [-0.25, -0.2) is 0 Å². The van der Waals surface area contributed by atoms with Crippen molar-refractivity contribution in [3.8, 4) is 11.5 Å². The maximum Gasteiger partial charge on any atom is 0.308 e. The number of methoxy groups -OCH3 is 1. The van der Waals surface area contributed by atoms with Crippen LogP contribution in [0.15, 0.2) is 48.5 Å². The molecule has 0 saturated carbocycles. The zero-order valence-electron chi connectivity index (χ0n) is 17.4. The van der Waals surface area contributed by atoms with Crippen molar-refractivity contribution in [1.82, 2.24) is 5.32 Å². The van der Waals surface area contributed by atoms with E-state index in [4.69, 9.17) is 9.47 Å². The zero-order valence-corrected chi connectivity index (χ0v) is 17.4. The van der Waals surface area contributed by atoms with Crippen LogP contribution in [0, 0.1) is 5.92 Å². The van der Waals surface area contributed by atoms with E-state index < -0.39 is 17.3 Å². The Balaban J connectivity index is 2.01. The number of ether oxygens (including phenoxy) is 2. The van der Waals surface area contributed by atoms with E-state index in [1.54, 1.807) is 19.2 Å². The van der Waals surface area contributed by atoms with E-state index in [1.165, 1.54) is 0 Å². The van der Waals surface area contributed by atoms with Crippen LogP contribution in [-0.2, 0) is 21.4 Å². The molecule has 2 aromatic carbocycles. The Morgan fingerprint density at radius 2 is 1.62 bits per heavy atom. The molecule has 0 radical (unpaired) electrons. The first-order valence-corrected chi connectivity index (χ1v) is 9.65. The Hall–Kier alpha value is -3.02. The maximum atomic E-state index is 12.8. The van der Waals surface area contributed by atoms with Crippen LogP contribution >= 0.6 is 0 Å². The summed E-state index contributed by atoms with van der Waals surface area (Å²) in [6.07, 6.45) is 0.324. The van der Waals surface area contributed by atoms with E-state index in [0.29, 0.717) is 18.8 Å². The summed E-state index contributed by atoms with van der Waals surface area (Å²) >= 11 is 0. The Bertz CT molecular complexity index is 812. The molecule has 2 N–H and O–H groups in total. The Morgan fingerprint density at radius 3 is 2.14 bits per heavy atom. The summed E-state index contributed by atoms with van der Waals surface area (Å²) in [6.45, 7) is 6.16. The summed E-state index contributed by atoms with van der Waals surface area (Å²) in [7, 11) is 1.59. The quantitative estimate of drug-likeness (QED) is 0.639. The van der Waals surface area contributed by atoms with Crippen molar-refractivity contribution >= 4 is 11.9 Å². The van der Waals surface area contributed by atoms with Crippen LogP contribution in [0.4, 0.5) is 0 Å². The highest BCUT2D eigenvalue weighted by Crippen LogP contribution is 2.25. The summed E-state index contributed by atoms with van der Waals surface area (Å²) in [5.74, 6) is -0.422. The molecular formula is C23H29NO5. The molecule has 0 spiro atoms. The number of rotatable bonds is 10. The standard InChI is InChI=1S/C23H29NO5/c1-5-29-20-10-6-16(7-11-20)14-17(21(25)26)15-24-22(27)23(2,3)18-8-12-19(28-4)13-9-18/h6-13,17H,5,14-15H2,1-4H3,(H,24,27)(H,25,26). The van der Waals surface area contributed by atoms with E-state index >= 15 is 0 Å². The third-order valence-electron chi connectivity index (χ3n) is 4.95. The number of carbonyl (C=O) groups excluding carboxylic acids is 1. The van der Waals surface area contributed by atoms with Crippen molar-refractivity contribution in [3.63, 3.8) is 0 Å². The first-order chi connectivity index (χ1) is 13.8. The van der Waals surface area contributed by atoms with Gasteiger partial charge in [0.05, 0.1) is 25.0 Å². The van der Waals surface area contributed by atoms with Crippen LogP contribution in [0.25, 0.3) is 0 Å². The normalized spacial score (nSPS) is 12.1. The lowest BCUT2D eigenvalue weighted by Gasteiger charge is -2.25. The Morgan fingerprint density at radius 1 is 1.03 bits per heavy atom. The fraction of sp³-hybridized carbons (Fsp3) is 0.391. The van der Waals surface area contributed by atoms with Crippen molar-refractivity contribution in [2.24, 2.45) is 5.92 Å². The molecule has 0 saturated heterocycles. The minimum atomic E-state index is -0.943. The van der Waals surface area contributed by atoms with Gasteiger partial charge >= 0.3 is 5.97 Å². The molecule has 1 amide bonds. The number of carboxylic acids is 1. The molecule has 156 valence electrons. The Kier molecular flexibility index (Phi) is 7.65. The fourth-order valence-corrected chi connectivity index (χ4v) is 3.00. The molecule has 0 aliphatic rings. The molecule has 0 fully saturated rings. The molecule has 0 aromatic heterocycles. The molecule has 29 heavy (non-hydrogen) atoms. The van der Waals surface area contributed by atoms with E-state index in [0.717, 1.165) is 16.9 Å². The van der Waals surface area contributed by atoms with Crippen LogP contribution in [0.2, 0.25) is 0 Å². The van der Waals surface area contributed by atoms with Crippen LogP contribution in [-0.4, -0.2) is 37.2 Å². The highest BCUT2D eigenvalue weighted by atomic mass is 16.5. The lowest BCUT2D eigenvalue weighted by Crippen LogP contribution is -2.43. The monoisotopic (exact) mass is 399 g/mol.